The monoisotopic (exact) mass is 232 g/mol. The number of esters is 1. The van der Waals surface area contributed by atoms with Gasteiger partial charge in [-0.25, -0.2) is 4.79 Å². The van der Waals surface area contributed by atoms with E-state index >= 15 is 0 Å². The first-order chi connectivity index (χ1) is 8.13. The van der Waals surface area contributed by atoms with Crippen molar-refractivity contribution >= 4 is 5.97 Å². The molecular formula is C15H20O2. The van der Waals surface area contributed by atoms with Crippen LogP contribution in [0.3, 0.4) is 0 Å². The fraction of sp³-hybridized carbons (Fsp3) is 0.400. The molecule has 0 radical (unpaired) electrons. The predicted octanol–water partition coefficient (Wildman–Crippen LogP) is 3.37. The summed E-state index contributed by atoms with van der Waals surface area (Å²) in [4.78, 5) is 11.4. The summed E-state index contributed by atoms with van der Waals surface area (Å²) in [5, 5.41) is 0. The molecule has 1 rings (SSSR count). The van der Waals surface area contributed by atoms with Crippen LogP contribution in [0.2, 0.25) is 0 Å². The van der Waals surface area contributed by atoms with Crippen molar-refractivity contribution in [2.45, 2.75) is 26.7 Å². The number of benzene rings is 1. The highest BCUT2D eigenvalue weighted by atomic mass is 16.5. The van der Waals surface area contributed by atoms with Gasteiger partial charge in [0.25, 0.3) is 0 Å². The van der Waals surface area contributed by atoms with Crippen molar-refractivity contribution in [2.75, 3.05) is 6.61 Å². The van der Waals surface area contributed by atoms with Gasteiger partial charge in [0.2, 0.25) is 0 Å². The Morgan fingerprint density at radius 3 is 2.59 bits per heavy atom. The van der Waals surface area contributed by atoms with Gasteiger partial charge >= 0.3 is 5.97 Å². The normalized spacial score (nSPS) is 11.9. The van der Waals surface area contributed by atoms with Crippen LogP contribution in [0.5, 0.6) is 0 Å². The lowest BCUT2D eigenvalue weighted by atomic mass is 9.95. The van der Waals surface area contributed by atoms with Crippen molar-refractivity contribution in [1.82, 2.24) is 0 Å². The first-order valence-corrected chi connectivity index (χ1v) is 6.02. The number of rotatable bonds is 6. The van der Waals surface area contributed by atoms with Gasteiger partial charge in [-0.3, -0.25) is 0 Å². The lowest BCUT2D eigenvalue weighted by molar-refractivity contribution is -0.138. The summed E-state index contributed by atoms with van der Waals surface area (Å²) in [6.45, 7) is 8.11. The minimum Gasteiger partial charge on any atom is -0.463 e. The second kappa shape index (κ2) is 6.89. The van der Waals surface area contributed by atoms with E-state index in [0.29, 0.717) is 24.5 Å². The molecular weight excluding hydrogens is 212 g/mol. The van der Waals surface area contributed by atoms with E-state index in [1.165, 1.54) is 5.56 Å². The molecule has 2 nitrogen and oxygen atoms in total. The number of carbonyl (C=O) groups is 1. The molecule has 1 atom stereocenters. The maximum atomic E-state index is 11.4. The molecule has 92 valence electrons. The van der Waals surface area contributed by atoms with Gasteiger partial charge in [-0.2, -0.15) is 0 Å². The van der Waals surface area contributed by atoms with Gasteiger partial charge in [0, 0.05) is 5.57 Å². The Morgan fingerprint density at radius 2 is 2.00 bits per heavy atom. The second-order valence-corrected chi connectivity index (χ2v) is 4.32. The van der Waals surface area contributed by atoms with Gasteiger partial charge in [0.1, 0.15) is 0 Å². The van der Waals surface area contributed by atoms with Crippen LogP contribution in [0.25, 0.3) is 0 Å². The average Bonchev–Trinajstić information content (AvgIpc) is 2.30. The fourth-order valence-electron chi connectivity index (χ4n) is 1.83. The summed E-state index contributed by atoms with van der Waals surface area (Å²) >= 11 is 0. The second-order valence-electron chi connectivity index (χ2n) is 4.32. The third-order valence-corrected chi connectivity index (χ3v) is 2.59. The van der Waals surface area contributed by atoms with Gasteiger partial charge in [-0.15, -0.1) is 0 Å². The molecule has 0 aliphatic carbocycles. The van der Waals surface area contributed by atoms with Gasteiger partial charge in [-0.1, -0.05) is 43.8 Å². The van der Waals surface area contributed by atoms with Gasteiger partial charge in [0.15, 0.2) is 0 Å². The molecule has 0 saturated carbocycles. The molecule has 0 aromatic heterocycles. The zero-order chi connectivity index (χ0) is 12.7. The number of carbonyl (C=O) groups excluding carboxylic acids is 1. The first-order valence-electron chi connectivity index (χ1n) is 6.02. The molecule has 0 bridgehead atoms. The standard InChI is InChI=1S/C15H20O2/c1-4-17-15(16)13(3)10-12(2)11-14-8-6-5-7-9-14/h5-9,12H,3-4,10-11H2,1-2H3/t12-/m0/s1. The number of ether oxygens (including phenoxy) is 1. The summed E-state index contributed by atoms with van der Waals surface area (Å²) in [5.41, 5.74) is 1.85. The maximum absolute atomic E-state index is 11.4. The molecule has 2 heteroatoms. The SMILES string of the molecule is C=C(C[C@H](C)Cc1ccccc1)C(=O)OCC. The van der Waals surface area contributed by atoms with E-state index in [-0.39, 0.29) is 5.97 Å². The third-order valence-electron chi connectivity index (χ3n) is 2.59. The first kappa shape index (κ1) is 13.5. The van der Waals surface area contributed by atoms with Crippen LogP contribution in [0.15, 0.2) is 42.5 Å². The summed E-state index contributed by atoms with van der Waals surface area (Å²) in [5.74, 6) is 0.127. The van der Waals surface area contributed by atoms with Crippen molar-refractivity contribution in [3.05, 3.63) is 48.0 Å². The molecule has 0 fully saturated rings. The molecule has 0 N–H and O–H groups in total. The van der Waals surface area contributed by atoms with E-state index in [4.69, 9.17) is 4.74 Å². The van der Waals surface area contributed by atoms with E-state index in [0.717, 1.165) is 6.42 Å². The van der Waals surface area contributed by atoms with Crippen LogP contribution in [-0.4, -0.2) is 12.6 Å². The molecule has 0 aliphatic rings. The average molecular weight is 232 g/mol. The number of hydrogen-bond acceptors (Lipinski definition) is 2. The zero-order valence-corrected chi connectivity index (χ0v) is 10.6. The van der Waals surface area contributed by atoms with Gasteiger partial charge in [0.05, 0.1) is 6.61 Å². The topological polar surface area (TPSA) is 26.3 Å². The molecule has 0 amide bonds. The van der Waals surface area contributed by atoms with Crippen LogP contribution in [0, 0.1) is 5.92 Å². The summed E-state index contributed by atoms with van der Waals surface area (Å²) < 4.78 is 4.92. The summed E-state index contributed by atoms with van der Waals surface area (Å²) in [6, 6.07) is 10.3. The lowest BCUT2D eigenvalue weighted by Crippen LogP contribution is -2.10. The Hall–Kier alpha value is -1.57. The fourth-order valence-corrected chi connectivity index (χ4v) is 1.83. The minimum absolute atomic E-state index is 0.271. The Kier molecular flexibility index (Phi) is 5.47. The molecule has 1 aromatic carbocycles. The van der Waals surface area contributed by atoms with Crippen LogP contribution in [-0.2, 0) is 16.0 Å². The van der Waals surface area contributed by atoms with Crippen LogP contribution >= 0.6 is 0 Å². The maximum Gasteiger partial charge on any atom is 0.333 e. The van der Waals surface area contributed by atoms with E-state index in [1.807, 2.05) is 18.2 Å². The Bertz CT molecular complexity index is 368. The molecule has 0 saturated heterocycles. The molecule has 1 aromatic rings. The largest absolute Gasteiger partial charge is 0.463 e. The molecule has 17 heavy (non-hydrogen) atoms. The summed E-state index contributed by atoms with van der Waals surface area (Å²) in [7, 11) is 0. The van der Waals surface area contributed by atoms with Crippen molar-refractivity contribution in [3.8, 4) is 0 Å². The highest BCUT2D eigenvalue weighted by molar-refractivity contribution is 5.87. The quantitative estimate of drug-likeness (QED) is 0.555. The Morgan fingerprint density at radius 1 is 1.35 bits per heavy atom. The predicted molar refractivity (Wildman–Crippen MR) is 69.7 cm³/mol. The smallest absolute Gasteiger partial charge is 0.333 e. The zero-order valence-electron chi connectivity index (χ0n) is 10.6. The number of hydrogen-bond donors (Lipinski definition) is 0. The van der Waals surface area contributed by atoms with Crippen LogP contribution in [0.4, 0.5) is 0 Å². The molecule has 0 aliphatic heterocycles. The summed E-state index contributed by atoms with van der Waals surface area (Å²) in [6.07, 6.45) is 1.65. The van der Waals surface area contributed by atoms with Crippen LogP contribution < -0.4 is 0 Å². The third kappa shape index (κ3) is 4.85. The highest BCUT2D eigenvalue weighted by Gasteiger charge is 2.12. The van der Waals surface area contributed by atoms with Gasteiger partial charge < -0.3 is 4.74 Å². The Labute approximate surface area is 103 Å². The molecule has 0 unspecified atom stereocenters. The highest BCUT2D eigenvalue weighted by Crippen LogP contribution is 2.16. The van der Waals surface area contributed by atoms with Gasteiger partial charge in [-0.05, 0) is 31.2 Å². The van der Waals surface area contributed by atoms with E-state index in [1.54, 1.807) is 6.92 Å². The van der Waals surface area contributed by atoms with Crippen molar-refractivity contribution in [3.63, 3.8) is 0 Å². The molecule has 0 heterocycles. The van der Waals surface area contributed by atoms with E-state index < -0.39 is 0 Å². The van der Waals surface area contributed by atoms with Crippen molar-refractivity contribution < 1.29 is 9.53 Å². The van der Waals surface area contributed by atoms with Crippen LogP contribution in [0.1, 0.15) is 25.8 Å². The van der Waals surface area contributed by atoms with Crippen molar-refractivity contribution in [1.29, 1.82) is 0 Å². The van der Waals surface area contributed by atoms with Crippen molar-refractivity contribution in [2.24, 2.45) is 5.92 Å². The minimum atomic E-state index is -0.271. The van der Waals surface area contributed by atoms with E-state index in [9.17, 15) is 4.79 Å². The van der Waals surface area contributed by atoms with E-state index in [2.05, 4.69) is 25.6 Å². The molecule has 0 spiro atoms. The Balaban J connectivity index is 2.42. The lowest BCUT2D eigenvalue weighted by Gasteiger charge is -2.12.